The van der Waals surface area contributed by atoms with Crippen molar-refractivity contribution in [2.75, 3.05) is 18.4 Å². The molecule has 0 radical (unpaired) electrons. The summed E-state index contributed by atoms with van der Waals surface area (Å²) in [4.78, 5) is 32.3. The average Bonchev–Trinajstić information content (AvgIpc) is 2.74. The van der Waals surface area contributed by atoms with Crippen LogP contribution in [0, 0.1) is 6.92 Å². The molecule has 1 aliphatic rings. The van der Waals surface area contributed by atoms with Crippen LogP contribution in [0.25, 0.3) is 0 Å². The highest BCUT2D eigenvalue weighted by molar-refractivity contribution is 5.94. The predicted octanol–water partition coefficient (Wildman–Crippen LogP) is 3.34. The van der Waals surface area contributed by atoms with Crippen LogP contribution in [0.3, 0.4) is 0 Å². The first-order valence-electron chi connectivity index (χ1n) is 9.42. The van der Waals surface area contributed by atoms with Crippen molar-refractivity contribution < 1.29 is 4.79 Å². The Labute approximate surface area is 163 Å². The van der Waals surface area contributed by atoms with Crippen LogP contribution in [0.4, 0.5) is 11.6 Å². The van der Waals surface area contributed by atoms with Gasteiger partial charge in [-0.05, 0) is 44.0 Å². The molecule has 4 rings (SSSR count). The highest BCUT2D eigenvalue weighted by atomic mass is 16.2. The molecule has 3 aromatic heterocycles. The zero-order valence-corrected chi connectivity index (χ0v) is 15.7. The number of hydrogen-bond donors (Lipinski definition) is 1. The van der Waals surface area contributed by atoms with Gasteiger partial charge in [0.1, 0.15) is 17.5 Å². The van der Waals surface area contributed by atoms with Crippen LogP contribution >= 0.6 is 0 Å². The minimum absolute atomic E-state index is 0.0114. The number of rotatable bonds is 4. The van der Waals surface area contributed by atoms with Gasteiger partial charge in [-0.25, -0.2) is 15.0 Å². The van der Waals surface area contributed by atoms with Gasteiger partial charge in [0, 0.05) is 49.4 Å². The summed E-state index contributed by atoms with van der Waals surface area (Å²) in [5, 5.41) is 3.23. The van der Waals surface area contributed by atoms with E-state index in [2.05, 4.69) is 20.3 Å². The second-order valence-electron chi connectivity index (χ2n) is 6.92. The summed E-state index contributed by atoms with van der Waals surface area (Å²) >= 11 is 0. The Morgan fingerprint density at radius 1 is 1.14 bits per heavy atom. The summed E-state index contributed by atoms with van der Waals surface area (Å²) in [7, 11) is 0. The van der Waals surface area contributed by atoms with Crippen LogP contribution in [0.5, 0.6) is 0 Å². The van der Waals surface area contributed by atoms with E-state index in [-0.39, 0.29) is 11.8 Å². The average molecular weight is 374 g/mol. The molecular weight excluding hydrogens is 352 g/mol. The Morgan fingerprint density at radius 3 is 2.86 bits per heavy atom. The third kappa shape index (κ3) is 4.14. The van der Waals surface area contributed by atoms with Gasteiger partial charge in [-0.1, -0.05) is 6.07 Å². The Morgan fingerprint density at radius 2 is 2.07 bits per heavy atom. The second kappa shape index (κ2) is 8.12. The van der Waals surface area contributed by atoms with Gasteiger partial charge >= 0.3 is 0 Å². The number of piperidine rings is 1. The van der Waals surface area contributed by atoms with Gasteiger partial charge in [0.05, 0.1) is 5.56 Å². The number of amides is 1. The first-order valence-corrected chi connectivity index (χ1v) is 9.42. The molecular formula is C21H22N6O. The fraction of sp³-hybridized carbons (Fsp3) is 0.286. The van der Waals surface area contributed by atoms with E-state index in [1.807, 2.05) is 36.1 Å². The van der Waals surface area contributed by atoms with Crippen molar-refractivity contribution in [3.05, 3.63) is 72.1 Å². The molecule has 0 bridgehead atoms. The van der Waals surface area contributed by atoms with Gasteiger partial charge in [0.25, 0.3) is 5.91 Å². The summed E-state index contributed by atoms with van der Waals surface area (Å²) in [5.41, 5.74) is 1.50. The SMILES string of the molecule is Cc1cc(Nc2ccccn2)nc(C2CCCN(C(=O)c3cccnc3)C2)n1. The molecule has 1 saturated heterocycles. The lowest BCUT2D eigenvalue weighted by Crippen LogP contribution is -2.39. The molecule has 0 spiro atoms. The van der Waals surface area contributed by atoms with Crippen molar-refractivity contribution in [2.24, 2.45) is 0 Å². The molecule has 0 aromatic carbocycles. The lowest BCUT2D eigenvalue weighted by atomic mass is 9.96. The van der Waals surface area contributed by atoms with E-state index < -0.39 is 0 Å². The summed E-state index contributed by atoms with van der Waals surface area (Å²) < 4.78 is 0. The quantitative estimate of drug-likeness (QED) is 0.754. The highest BCUT2D eigenvalue weighted by Crippen LogP contribution is 2.27. The Kier molecular flexibility index (Phi) is 5.23. The molecule has 0 saturated carbocycles. The molecule has 7 nitrogen and oxygen atoms in total. The standard InChI is InChI=1S/C21H22N6O/c1-15-12-19(25-18-8-2-3-10-23-18)26-20(24-15)17-7-5-11-27(14-17)21(28)16-6-4-9-22-13-16/h2-4,6,8-10,12-13,17H,5,7,11,14H2,1H3,(H,23,24,25,26). The third-order valence-electron chi connectivity index (χ3n) is 4.77. The van der Waals surface area contributed by atoms with E-state index in [9.17, 15) is 4.79 Å². The van der Waals surface area contributed by atoms with Gasteiger partial charge in [-0.2, -0.15) is 0 Å². The number of likely N-dealkylation sites (tertiary alicyclic amines) is 1. The van der Waals surface area contributed by atoms with Crippen molar-refractivity contribution in [3.63, 3.8) is 0 Å². The molecule has 28 heavy (non-hydrogen) atoms. The van der Waals surface area contributed by atoms with E-state index in [1.54, 1.807) is 30.7 Å². The minimum Gasteiger partial charge on any atom is -0.338 e. The van der Waals surface area contributed by atoms with E-state index >= 15 is 0 Å². The van der Waals surface area contributed by atoms with Gasteiger partial charge in [-0.15, -0.1) is 0 Å². The maximum absolute atomic E-state index is 12.8. The van der Waals surface area contributed by atoms with Gasteiger partial charge in [-0.3, -0.25) is 9.78 Å². The Bertz CT molecular complexity index is 948. The number of pyridine rings is 2. The second-order valence-corrected chi connectivity index (χ2v) is 6.92. The van der Waals surface area contributed by atoms with Gasteiger partial charge in [0.15, 0.2) is 0 Å². The smallest absolute Gasteiger partial charge is 0.255 e. The zero-order valence-electron chi connectivity index (χ0n) is 15.7. The first kappa shape index (κ1) is 18.0. The molecule has 142 valence electrons. The van der Waals surface area contributed by atoms with Crippen molar-refractivity contribution in [3.8, 4) is 0 Å². The van der Waals surface area contributed by atoms with Crippen molar-refractivity contribution in [2.45, 2.75) is 25.7 Å². The maximum atomic E-state index is 12.8. The van der Waals surface area contributed by atoms with Gasteiger partial charge in [0.2, 0.25) is 0 Å². The molecule has 1 unspecified atom stereocenters. The number of nitrogens with one attached hydrogen (secondary N) is 1. The largest absolute Gasteiger partial charge is 0.338 e. The van der Waals surface area contributed by atoms with Crippen LogP contribution in [0.1, 0.15) is 40.6 Å². The molecule has 1 N–H and O–H groups in total. The van der Waals surface area contributed by atoms with Crippen LogP contribution in [0.2, 0.25) is 0 Å². The van der Waals surface area contributed by atoms with E-state index in [4.69, 9.17) is 4.98 Å². The van der Waals surface area contributed by atoms with Crippen LogP contribution in [0.15, 0.2) is 55.0 Å². The fourth-order valence-corrected chi connectivity index (χ4v) is 3.45. The fourth-order valence-electron chi connectivity index (χ4n) is 3.45. The summed E-state index contributed by atoms with van der Waals surface area (Å²) in [5.74, 6) is 2.35. The monoisotopic (exact) mass is 374 g/mol. The minimum atomic E-state index is 0.0114. The van der Waals surface area contributed by atoms with Crippen molar-refractivity contribution in [1.82, 2.24) is 24.8 Å². The van der Waals surface area contributed by atoms with E-state index in [0.717, 1.165) is 42.5 Å². The molecule has 1 fully saturated rings. The molecule has 1 aliphatic heterocycles. The molecule has 7 heteroatoms. The van der Waals surface area contributed by atoms with E-state index in [1.165, 1.54) is 0 Å². The maximum Gasteiger partial charge on any atom is 0.255 e. The van der Waals surface area contributed by atoms with Crippen molar-refractivity contribution in [1.29, 1.82) is 0 Å². The lowest BCUT2D eigenvalue weighted by molar-refractivity contribution is 0.0704. The first-order chi connectivity index (χ1) is 13.7. The third-order valence-corrected chi connectivity index (χ3v) is 4.77. The number of carbonyl (C=O) groups is 1. The number of carbonyl (C=O) groups excluding carboxylic acids is 1. The van der Waals surface area contributed by atoms with Crippen LogP contribution < -0.4 is 5.32 Å². The molecule has 1 amide bonds. The summed E-state index contributed by atoms with van der Waals surface area (Å²) in [6.07, 6.45) is 6.91. The topological polar surface area (TPSA) is 83.9 Å². The number of aromatic nitrogens is 4. The number of hydrogen-bond acceptors (Lipinski definition) is 6. The molecule has 0 aliphatic carbocycles. The van der Waals surface area contributed by atoms with Crippen LogP contribution in [-0.2, 0) is 0 Å². The predicted molar refractivity (Wildman–Crippen MR) is 106 cm³/mol. The zero-order chi connectivity index (χ0) is 19.3. The van der Waals surface area contributed by atoms with Crippen molar-refractivity contribution >= 4 is 17.5 Å². The molecule has 3 aromatic rings. The lowest BCUT2D eigenvalue weighted by Gasteiger charge is -2.32. The number of anilines is 2. The summed E-state index contributed by atoms with van der Waals surface area (Å²) in [6, 6.07) is 11.2. The van der Waals surface area contributed by atoms with E-state index in [0.29, 0.717) is 12.1 Å². The molecule has 1 atom stereocenters. The van der Waals surface area contributed by atoms with Crippen LogP contribution in [-0.4, -0.2) is 43.8 Å². The number of aryl methyl sites for hydroxylation is 1. The summed E-state index contributed by atoms with van der Waals surface area (Å²) in [6.45, 7) is 3.31. The normalized spacial score (nSPS) is 16.6. The Balaban J connectivity index is 1.52. The molecule has 4 heterocycles. The Hall–Kier alpha value is -3.35. The van der Waals surface area contributed by atoms with Gasteiger partial charge < -0.3 is 10.2 Å². The number of nitrogens with zero attached hydrogens (tertiary/aromatic N) is 5. The highest BCUT2D eigenvalue weighted by Gasteiger charge is 2.27.